The van der Waals surface area contributed by atoms with Crippen molar-refractivity contribution in [2.75, 3.05) is 50.7 Å². The number of rotatable bonds is 4. The van der Waals surface area contributed by atoms with Crippen LogP contribution >= 0.6 is 0 Å². The molecule has 0 aromatic heterocycles. The van der Waals surface area contributed by atoms with Crippen LogP contribution in [0.3, 0.4) is 0 Å². The smallest absolute Gasteiger partial charge is 0.292 e. The number of likely N-dealkylation sites (tertiary alicyclic amines) is 1. The lowest BCUT2D eigenvalue weighted by molar-refractivity contribution is -0.384. The topological polar surface area (TPSA) is 93.7 Å². The van der Waals surface area contributed by atoms with Gasteiger partial charge in [-0.1, -0.05) is 13.8 Å². The Bertz CT molecular complexity index is 773. The molecule has 2 unspecified atom stereocenters. The summed E-state index contributed by atoms with van der Waals surface area (Å²) in [5, 5.41) is 20.4. The fourth-order valence-electron chi connectivity index (χ4n) is 4.31. The maximum atomic E-state index is 12.7. The Hall–Kier alpha value is -2.66. The minimum absolute atomic E-state index is 0.0137. The minimum atomic E-state index is -0.412. The summed E-state index contributed by atoms with van der Waals surface area (Å²) in [5.41, 5.74) is 0.903. The lowest BCUT2D eigenvalue weighted by Crippen LogP contribution is -2.52. The zero-order chi connectivity index (χ0) is 20.3. The minimum Gasteiger partial charge on any atom is -0.363 e. The summed E-state index contributed by atoms with van der Waals surface area (Å²) in [4.78, 5) is 29.6. The van der Waals surface area contributed by atoms with E-state index in [4.69, 9.17) is 5.26 Å². The zero-order valence-electron chi connectivity index (χ0n) is 16.5. The van der Waals surface area contributed by atoms with Gasteiger partial charge in [0.2, 0.25) is 5.91 Å². The number of nitro groups is 1. The summed E-state index contributed by atoms with van der Waals surface area (Å²) in [5.74, 6) is 1.25. The molecule has 2 saturated heterocycles. The zero-order valence-corrected chi connectivity index (χ0v) is 16.5. The highest BCUT2D eigenvalue weighted by Gasteiger charge is 2.29. The summed E-state index contributed by atoms with van der Waals surface area (Å²) in [6.07, 6.45) is 1.17. The molecule has 8 heteroatoms. The van der Waals surface area contributed by atoms with Crippen LogP contribution in [0.5, 0.6) is 0 Å². The van der Waals surface area contributed by atoms with Gasteiger partial charge in [-0.3, -0.25) is 19.8 Å². The van der Waals surface area contributed by atoms with Gasteiger partial charge >= 0.3 is 0 Å². The highest BCUT2D eigenvalue weighted by atomic mass is 16.6. The standard InChI is InChI=1S/C20H27N5O3/c1-15-9-16(2)13-24(12-15)20(26)14-22-5-7-23(8-6-22)19-10-17(11-21)3-4-18(19)25(27)28/h3-4,10,15-16H,5-9,12-14H2,1-2H3. The molecule has 2 atom stereocenters. The molecule has 1 aromatic carbocycles. The molecule has 0 radical (unpaired) electrons. The first kappa shape index (κ1) is 20.1. The molecule has 1 aromatic rings. The number of hydrogen-bond donors (Lipinski definition) is 0. The Morgan fingerprint density at radius 1 is 1.21 bits per heavy atom. The number of nitro benzene ring substituents is 1. The number of nitrogens with zero attached hydrogens (tertiary/aromatic N) is 5. The van der Waals surface area contributed by atoms with Crippen molar-refractivity contribution in [2.24, 2.45) is 11.8 Å². The number of hydrogen-bond acceptors (Lipinski definition) is 6. The van der Waals surface area contributed by atoms with Crippen molar-refractivity contribution in [3.63, 3.8) is 0 Å². The maximum absolute atomic E-state index is 12.7. The number of piperazine rings is 1. The van der Waals surface area contributed by atoms with Crippen LogP contribution in [-0.2, 0) is 4.79 Å². The van der Waals surface area contributed by atoms with Gasteiger partial charge in [-0.2, -0.15) is 5.26 Å². The lowest BCUT2D eigenvalue weighted by Gasteiger charge is -2.38. The molecular weight excluding hydrogens is 358 g/mol. The third-order valence-corrected chi connectivity index (χ3v) is 5.59. The van der Waals surface area contributed by atoms with Gasteiger partial charge in [-0.15, -0.1) is 0 Å². The van der Waals surface area contributed by atoms with Crippen LogP contribution in [-0.4, -0.2) is 66.4 Å². The van der Waals surface area contributed by atoms with E-state index in [0.29, 0.717) is 55.8 Å². The highest BCUT2D eigenvalue weighted by molar-refractivity contribution is 5.78. The molecule has 0 aliphatic carbocycles. The summed E-state index contributed by atoms with van der Waals surface area (Å²) in [6, 6.07) is 6.48. The van der Waals surface area contributed by atoms with E-state index in [1.165, 1.54) is 18.6 Å². The average Bonchev–Trinajstić information content (AvgIpc) is 2.67. The Morgan fingerprint density at radius 2 is 1.86 bits per heavy atom. The largest absolute Gasteiger partial charge is 0.363 e. The van der Waals surface area contributed by atoms with Crippen LogP contribution < -0.4 is 4.90 Å². The quantitative estimate of drug-likeness (QED) is 0.582. The van der Waals surface area contributed by atoms with Gasteiger partial charge in [0.15, 0.2) is 0 Å². The summed E-state index contributed by atoms with van der Waals surface area (Å²) in [7, 11) is 0. The van der Waals surface area contributed by atoms with Gasteiger partial charge in [0.1, 0.15) is 5.69 Å². The van der Waals surface area contributed by atoms with Crippen LogP contribution in [0.25, 0.3) is 0 Å². The van der Waals surface area contributed by atoms with Crippen LogP contribution in [0.4, 0.5) is 11.4 Å². The second kappa shape index (κ2) is 8.57. The van der Waals surface area contributed by atoms with E-state index in [2.05, 4.69) is 18.7 Å². The fraction of sp³-hybridized carbons (Fsp3) is 0.600. The van der Waals surface area contributed by atoms with Crippen LogP contribution in [0.2, 0.25) is 0 Å². The first-order valence-electron chi connectivity index (χ1n) is 9.81. The van der Waals surface area contributed by atoms with Crippen molar-refractivity contribution in [3.8, 4) is 6.07 Å². The molecule has 2 fully saturated rings. The molecule has 28 heavy (non-hydrogen) atoms. The van der Waals surface area contributed by atoms with Crippen molar-refractivity contribution in [3.05, 3.63) is 33.9 Å². The summed E-state index contributed by atoms with van der Waals surface area (Å²) < 4.78 is 0. The molecule has 0 saturated carbocycles. The van der Waals surface area contributed by atoms with E-state index >= 15 is 0 Å². The lowest BCUT2D eigenvalue weighted by atomic mass is 9.92. The Labute approximate surface area is 165 Å². The Balaban J connectivity index is 1.60. The van der Waals surface area contributed by atoms with Crippen LogP contribution in [0, 0.1) is 33.3 Å². The van der Waals surface area contributed by atoms with E-state index in [-0.39, 0.29) is 11.6 Å². The van der Waals surface area contributed by atoms with Gasteiger partial charge in [0, 0.05) is 45.3 Å². The van der Waals surface area contributed by atoms with Gasteiger partial charge < -0.3 is 9.80 Å². The fourth-order valence-corrected chi connectivity index (χ4v) is 4.31. The summed E-state index contributed by atoms with van der Waals surface area (Å²) in [6.45, 7) is 8.96. The van der Waals surface area contributed by atoms with Gasteiger partial charge in [-0.25, -0.2) is 0 Å². The van der Waals surface area contributed by atoms with Crippen molar-refractivity contribution in [1.82, 2.24) is 9.80 Å². The number of carbonyl (C=O) groups is 1. The maximum Gasteiger partial charge on any atom is 0.292 e. The number of carbonyl (C=O) groups excluding carboxylic acids is 1. The van der Waals surface area contributed by atoms with Crippen LogP contribution in [0.1, 0.15) is 25.8 Å². The molecule has 2 aliphatic rings. The molecule has 3 rings (SSSR count). The predicted octanol–water partition coefficient (Wildman–Crippen LogP) is 2.09. The van der Waals surface area contributed by atoms with Crippen molar-refractivity contribution >= 4 is 17.3 Å². The van der Waals surface area contributed by atoms with E-state index in [1.54, 1.807) is 6.07 Å². The molecule has 2 aliphatic heterocycles. The van der Waals surface area contributed by atoms with Crippen molar-refractivity contribution in [2.45, 2.75) is 20.3 Å². The number of nitriles is 1. The first-order chi connectivity index (χ1) is 13.4. The third-order valence-electron chi connectivity index (χ3n) is 5.59. The van der Waals surface area contributed by atoms with Crippen LogP contribution in [0.15, 0.2) is 18.2 Å². The Kier molecular flexibility index (Phi) is 6.15. The van der Waals surface area contributed by atoms with Gasteiger partial charge in [0.05, 0.1) is 23.1 Å². The molecular formula is C20H27N5O3. The van der Waals surface area contributed by atoms with Gasteiger partial charge in [-0.05, 0) is 30.4 Å². The van der Waals surface area contributed by atoms with Crippen molar-refractivity contribution < 1.29 is 9.72 Å². The molecule has 0 N–H and O–H groups in total. The number of benzene rings is 1. The SMILES string of the molecule is CC1CC(C)CN(C(=O)CN2CCN(c3cc(C#N)ccc3[N+](=O)[O-])CC2)C1. The molecule has 150 valence electrons. The molecule has 0 spiro atoms. The second-order valence-electron chi connectivity index (χ2n) is 8.08. The number of anilines is 1. The number of amides is 1. The Morgan fingerprint density at radius 3 is 2.43 bits per heavy atom. The normalized spacial score (nSPS) is 23.3. The average molecular weight is 385 g/mol. The van der Waals surface area contributed by atoms with Gasteiger partial charge in [0.25, 0.3) is 5.69 Å². The second-order valence-corrected chi connectivity index (χ2v) is 8.08. The van der Waals surface area contributed by atoms with Crippen molar-refractivity contribution in [1.29, 1.82) is 5.26 Å². The summed E-state index contributed by atoms with van der Waals surface area (Å²) >= 11 is 0. The van der Waals surface area contributed by atoms with E-state index in [9.17, 15) is 14.9 Å². The molecule has 1 amide bonds. The molecule has 8 nitrogen and oxygen atoms in total. The van der Waals surface area contributed by atoms with E-state index < -0.39 is 4.92 Å². The molecule has 0 bridgehead atoms. The highest BCUT2D eigenvalue weighted by Crippen LogP contribution is 2.30. The van der Waals surface area contributed by atoms with E-state index in [1.807, 2.05) is 15.9 Å². The predicted molar refractivity (Wildman–Crippen MR) is 106 cm³/mol. The third kappa shape index (κ3) is 4.60. The first-order valence-corrected chi connectivity index (χ1v) is 9.81. The monoisotopic (exact) mass is 385 g/mol. The van der Waals surface area contributed by atoms with E-state index in [0.717, 1.165) is 13.1 Å². The number of piperidine rings is 1. The molecule has 2 heterocycles.